The Labute approximate surface area is 158 Å². The van der Waals surface area contributed by atoms with Crippen molar-refractivity contribution in [2.24, 2.45) is 0 Å². The normalized spacial score (nSPS) is 10.4. The molecular formula is C20H24N2O5. The summed E-state index contributed by atoms with van der Waals surface area (Å²) in [6.45, 7) is 7.96. The average molecular weight is 372 g/mol. The Kier molecular flexibility index (Phi) is 6.76. The zero-order valence-corrected chi connectivity index (χ0v) is 16.0. The Balaban J connectivity index is 2.01. The first-order chi connectivity index (χ1) is 12.9. The second-order valence-corrected chi connectivity index (χ2v) is 5.92. The van der Waals surface area contributed by atoms with Gasteiger partial charge in [0.15, 0.2) is 6.61 Å². The maximum atomic E-state index is 12.3. The zero-order valence-electron chi connectivity index (χ0n) is 16.0. The first-order valence-electron chi connectivity index (χ1n) is 8.78. The maximum absolute atomic E-state index is 12.3. The fraction of sp³-hybridized carbons (Fsp3) is 0.350. The maximum Gasteiger partial charge on any atom is 0.340 e. The SMILES string of the molecule is CCOC(=O)c1ccccc1NC(=O)COC(=O)c1cc(C)n(CC)c1C. The van der Waals surface area contributed by atoms with Crippen LogP contribution in [0.3, 0.4) is 0 Å². The van der Waals surface area contributed by atoms with Crippen LogP contribution in [0.5, 0.6) is 0 Å². The number of anilines is 1. The number of hydrogen-bond acceptors (Lipinski definition) is 5. The first-order valence-corrected chi connectivity index (χ1v) is 8.78. The van der Waals surface area contributed by atoms with Crippen molar-refractivity contribution in [3.8, 4) is 0 Å². The van der Waals surface area contributed by atoms with Crippen molar-refractivity contribution in [2.75, 3.05) is 18.5 Å². The van der Waals surface area contributed by atoms with Crippen molar-refractivity contribution in [3.05, 3.63) is 52.8 Å². The van der Waals surface area contributed by atoms with Crippen molar-refractivity contribution in [2.45, 2.75) is 34.2 Å². The molecule has 0 aliphatic rings. The minimum atomic E-state index is -0.559. The van der Waals surface area contributed by atoms with Crippen molar-refractivity contribution in [1.29, 1.82) is 0 Å². The molecule has 144 valence electrons. The van der Waals surface area contributed by atoms with Gasteiger partial charge in [0, 0.05) is 17.9 Å². The number of hydrogen-bond donors (Lipinski definition) is 1. The van der Waals surface area contributed by atoms with Crippen LogP contribution in [0.2, 0.25) is 0 Å². The summed E-state index contributed by atoms with van der Waals surface area (Å²) in [6, 6.07) is 8.24. The Hall–Kier alpha value is -3.09. The van der Waals surface area contributed by atoms with E-state index in [0.717, 1.165) is 17.9 Å². The number of nitrogens with one attached hydrogen (secondary N) is 1. The molecule has 1 aromatic heterocycles. The van der Waals surface area contributed by atoms with Crippen molar-refractivity contribution in [3.63, 3.8) is 0 Å². The van der Waals surface area contributed by atoms with E-state index in [1.165, 1.54) is 0 Å². The number of rotatable bonds is 7. The van der Waals surface area contributed by atoms with Gasteiger partial charge in [-0.3, -0.25) is 4.79 Å². The van der Waals surface area contributed by atoms with E-state index in [1.807, 2.05) is 25.3 Å². The zero-order chi connectivity index (χ0) is 20.0. The number of esters is 2. The van der Waals surface area contributed by atoms with E-state index in [0.29, 0.717) is 11.3 Å². The molecule has 0 saturated heterocycles. The lowest BCUT2D eigenvalue weighted by Crippen LogP contribution is -2.22. The fourth-order valence-corrected chi connectivity index (χ4v) is 2.87. The van der Waals surface area contributed by atoms with Crippen LogP contribution in [0.15, 0.2) is 30.3 Å². The van der Waals surface area contributed by atoms with Gasteiger partial charge in [-0.25, -0.2) is 9.59 Å². The van der Waals surface area contributed by atoms with Crippen molar-refractivity contribution < 1.29 is 23.9 Å². The molecule has 7 heteroatoms. The summed E-state index contributed by atoms with van der Waals surface area (Å²) < 4.78 is 12.1. The van der Waals surface area contributed by atoms with Crippen LogP contribution in [0.25, 0.3) is 0 Å². The quantitative estimate of drug-likeness (QED) is 0.755. The number of carbonyl (C=O) groups excluding carboxylic acids is 3. The number of aryl methyl sites for hydroxylation is 1. The summed E-state index contributed by atoms with van der Waals surface area (Å²) in [5.41, 5.74) is 2.74. The molecule has 2 aromatic rings. The molecule has 1 heterocycles. The molecule has 1 aromatic carbocycles. The third kappa shape index (κ3) is 4.75. The minimum Gasteiger partial charge on any atom is -0.462 e. The Bertz CT molecular complexity index is 854. The standard InChI is InChI=1S/C20H24N2O5/c1-5-22-13(3)11-16(14(22)4)20(25)27-12-18(23)21-17-10-8-7-9-15(17)19(24)26-6-2/h7-11H,5-6,12H2,1-4H3,(H,21,23). The van der Waals surface area contributed by atoms with Gasteiger partial charge in [-0.15, -0.1) is 0 Å². The number of amides is 1. The van der Waals surface area contributed by atoms with Gasteiger partial charge in [0.25, 0.3) is 5.91 Å². The molecule has 7 nitrogen and oxygen atoms in total. The number of benzene rings is 1. The van der Waals surface area contributed by atoms with Crippen LogP contribution < -0.4 is 5.32 Å². The largest absolute Gasteiger partial charge is 0.462 e. The van der Waals surface area contributed by atoms with E-state index in [9.17, 15) is 14.4 Å². The fourth-order valence-electron chi connectivity index (χ4n) is 2.87. The summed E-state index contributed by atoms with van der Waals surface area (Å²) in [5, 5.41) is 2.58. The summed E-state index contributed by atoms with van der Waals surface area (Å²) in [6.07, 6.45) is 0. The lowest BCUT2D eigenvalue weighted by Gasteiger charge is -2.10. The summed E-state index contributed by atoms with van der Waals surface area (Å²) in [4.78, 5) is 36.4. The highest BCUT2D eigenvalue weighted by atomic mass is 16.5. The number of aromatic nitrogens is 1. The topological polar surface area (TPSA) is 86.6 Å². The second-order valence-electron chi connectivity index (χ2n) is 5.92. The molecule has 0 unspecified atom stereocenters. The third-order valence-electron chi connectivity index (χ3n) is 4.14. The van der Waals surface area contributed by atoms with Crippen LogP contribution in [0.1, 0.15) is 46.0 Å². The van der Waals surface area contributed by atoms with E-state index in [4.69, 9.17) is 9.47 Å². The smallest absolute Gasteiger partial charge is 0.340 e. The monoisotopic (exact) mass is 372 g/mol. The van der Waals surface area contributed by atoms with Gasteiger partial charge in [0.2, 0.25) is 0 Å². The second kappa shape index (κ2) is 9.02. The Morgan fingerprint density at radius 3 is 2.30 bits per heavy atom. The summed E-state index contributed by atoms with van der Waals surface area (Å²) >= 11 is 0. The van der Waals surface area contributed by atoms with Gasteiger partial charge < -0.3 is 19.4 Å². The van der Waals surface area contributed by atoms with Gasteiger partial charge in [-0.2, -0.15) is 0 Å². The van der Waals surface area contributed by atoms with Gasteiger partial charge in [0.1, 0.15) is 0 Å². The molecule has 0 radical (unpaired) electrons. The van der Waals surface area contributed by atoms with Gasteiger partial charge in [-0.1, -0.05) is 12.1 Å². The number of carbonyl (C=O) groups is 3. The van der Waals surface area contributed by atoms with Crippen LogP contribution in [-0.4, -0.2) is 35.6 Å². The predicted molar refractivity (Wildman–Crippen MR) is 101 cm³/mol. The Morgan fingerprint density at radius 1 is 1.00 bits per heavy atom. The highest BCUT2D eigenvalue weighted by molar-refractivity contribution is 6.02. The molecular weight excluding hydrogens is 348 g/mol. The molecule has 0 aliphatic heterocycles. The molecule has 1 N–H and O–H groups in total. The lowest BCUT2D eigenvalue weighted by atomic mass is 10.2. The molecule has 0 saturated carbocycles. The van der Waals surface area contributed by atoms with E-state index in [-0.39, 0.29) is 12.2 Å². The summed E-state index contributed by atoms with van der Waals surface area (Å²) in [5.74, 6) is -1.63. The summed E-state index contributed by atoms with van der Waals surface area (Å²) in [7, 11) is 0. The van der Waals surface area contributed by atoms with Gasteiger partial charge in [0.05, 0.1) is 23.4 Å². The van der Waals surface area contributed by atoms with Crippen LogP contribution in [0.4, 0.5) is 5.69 Å². The van der Waals surface area contributed by atoms with E-state index < -0.39 is 24.5 Å². The highest BCUT2D eigenvalue weighted by Gasteiger charge is 2.18. The Morgan fingerprint density at radius 2 is 1.67 bits per heavy atom. The minimum absolute atomic E-state index is 0.231. The van der Waals surface area contributed by atoms with E-state index in [2.05, 4.69) is 5.32 Å². The van der Waals surface area contributed by atoms with Gasteiger partial charge in [-0.05, 0) is 45.9 Å². The van der Waals surface area contributed by atoms with E-state index in [1.54, 1.807) is 37.3 Å². The van der Waals surface area contributed by atoms with Crippen LogP contribution in [0, 0.1) is 13.8 Å². The third-order valence-corrected chi connectivity index (χ3v) is 4.14. The van der Waals surface area contributed by atoms with Crippen molar-refractivity contribution >= 4 is 23.5 Å². The lowest BCUT2D eigenvalue weighted by molar-refractivity contribution is -0.119. The molecule has 27 heavy (non-hydrogen) atoms. The van der Waals surface area contributed by atoms with E-state index >= 15 is 0 Å². The molecule has 0 aliphatic carbocycles. The van der Waals surface area contributed by atoms with Crippen LogP contribution >= 0.6 is 0 Å². The van der Waals surface area contributed by atoms with Gasteiger partial charge >= 0.3 is 11.9 Å². The molecule has 0 fully saturated rings. The average Bonchev–Trinajstić information content (AvgIpc) is 2.94. The predicted octanol–water partition coefficient (Wildman–Crippen LogP) is 3.10. The number of ether oxygens (including phenoxy) is 2. The van der Waals surface area contributed by atoms with Crippen molar-refractivity contribution in [1.82, 2.24) is 4.57 Å². The number of nitrogens with zero attached hydrogens (tertiary/aromatic N) is 1. The molecule has 0 atom stereocenters. The molecule has 2 rings (SSSR count). The molecule has 0 spiro atoms. The first kappa shape index (κ1) is 20.2. The van der Waals surface area contributed by atoms with Crippen LogP contribution in [-0.2, 0) is 20.8 Å². The highest BCUT2D eigenvalue weighted by Crippen LogP contribution is 2.17. The molecule has 1 amide bonds. The number of para-hydroxylation sites is 1. The molecule has 0 bridgehead atoms.